The van der Waals surface area contributed by atoms with Gasteiger partial charge in [0.15, 0.2) is 0 Å². The number of aromatic amines is 1. The molecule has 0 saturated carbocycles. The third-order valence-corrected chi connectivity index (χ3v) is 3.93. The summed E-state index contributed by atoms with van der Waals surface area (Å²) in [6, 6.07) is 3.35. The number of hydrogen-bond donors (Lipinski definition) is 2. The summed E-state index contributed by atoms with van der Waals surface area (Å²) in [5, 5.41) is 16.4. The Morgan fingerprint density at radius 1 is 1.33 bits per heavy atom. The summed E-state index contributed by atoms with van der Waals surface area (Å²) in [6.07, 6.45) is 2.76. The van der Waals surface area contributed by atoms with E-state index >= 15 is 0 Å². The lowest BCUT2D eigenvalue weighted by Gasteiger charge is -2.30. The number of rotatable bonds is 4. The maximum absolute atomic E-state index is 12.0. The van der Waals surface area contributed by atoms with Gasteiger partial charge in [-0.25, -0.2) is 4.79 Å². The molecule has 3 heterocycles. The van der Waals surface area contributed by atoms with E-state index < -0.39 is 17.1 Å². The van der Waals surface area contributed by atoms with Gasteiger partial charge >= 0.3 is 5.69 Å². The van der Waals surface area contributed by atoms with E-state index in [0.717, 1.165) is 30.7 Å². The van der Waals surface area contributed by atoms with Gasteiger partial charge in [-0.1, -0.05) is 0 Å². The fourth-order valence-electron chi connectivity index (χ4n) is 2.45. The van der Waals surface area contributed by atoms with Gasteiger partial charge in [0.25, 0.3) is 5.56 Å². The predicted molar refractivity (Wildman–Crippen MR) is 87.5 cm³/mol. The lowest BCUT2D eigenvalue weighted by Crippen LogP contribution is -2.42. The van der Waals surface area contributed by atoms with Crippen LogP contribution in [0.25, 0.3) is 0 Å². The third kappa shape index (κ3) is 3.40. The molecule has 0 aromatic carbocycles. The van der Waals surface area contributed by atoms with Crippen LogP contribution in [0.1, 0.15) is 11.3 Å². The minimum Gasteiger partial charge on any atom is -0.494 e. The van der Waals surface area contributed by atoms with E-state index in [9.17, 15) is 14.7 Å². The molecule has 9 nitrogen and oxygen atoms in total. The zero-order chi connectivity index (χ0) is 17.1. The molecule has 1 saturated heterocycles. The van der Waals surface area contributed by atoms with E-state index in [4.69, 9.17) is 4.42 Å². The molecular weight excluding hydrogens is 314 g/mol. The Kier molecular flexibility index (Phi) is 4.52. The van der Waals surface area contributed by atoms with E-state index in [2.05, 4.69) is 15.0 Å². The van der Waals surface area contributed by atoms with Gasteiger partial charge in [-0.05, 0) is 19.2 Å². The number of nitrogens with zero attached hydrogens (tertiary/aromatic N) is 4. The molecule has 24 heavy (non-hydrogen) atoms. The molecule has 0 amide bonds. The van der Waals surface area contributed by atoms with Crippen molar-refractivity contribution in [1.29, 1.82) is 0 Å². The molecule has 0 atom stereocenters. The van der Waals surface area contributed by atoms with Crippen LogP contribution in [0.4, 0.5) is 0 Å². The molecular formula is C15H19N5O4. The molecule has 0 aliphatic carbocycles. The highest BCUT2D eigenvalue weighted by molar-refractivity contribution is 5.81. The number of nitrogens with one attached hydrogen (secondary N) is 1. The predicted octanol–water partition coefficient (Wildman–Crippen LogP) is -0.535. The Balaban J connectivity index is 1.87. The van der Waals surface area contributed by atoms with Crippen LogP contribution in [-0.2, 0) is 6.54 Å². The van der Waals surface area contributed by atoms with E-state index in [0.29, 0.717) is 5.76 Å². The Morgan fingerprint density at radius 2 is 2.08 bits per heavy atom. The molecule has 1 aliphatic rings. The minimum atomic E-state index is -0.703. The van der Waals surface area contributed by atoms with Gasteiger partial charge in [0.05, 0.1) is 19.0 Å². The third-order valence-electron chi connectivity index (χ3n) is 3.93. The summed E-state index contributed by atoms with van der Waals surface area (Å²) in [6.45, 7) is 3.23. The van der Waals surface area contributed by atoms with Crippen molar-refractivity contribution in [3.05, 3.63) is 50.6 Å². The van der Waals surface area contributed by atoms with Gasteiger partial charge in [0.2, 0.25) is 5.88 Å². The van der Waals surface area contributed by atoms with Gasteiger partial charge < -0.3 is 14.4 Å². The molecule has 0 spiro atoms. The van der Waals surface area contributed by atoms with Crippen LogP contribution in [0.15, 0.2) is 37.5 Å². The Bertz CT molecular complexity index is 829. The Hall–Kier alpha value is -2.81. The molecule has 0 radical (unpaired) electrons. The molecule has 1 fully saturated rings. The van der Waals surface area contributed by atoms with Crippen molar-refractivity contribution in [2.24, 2.45) is 5.10 Å². The van der Waals surface area contributed by atoms with Crippen molar-refractivity contribution >= 4 is 6.21 Å². The number of aromatic hydroxyl groups is 1. The van der Waals surface area contributed by atoms with E-state index in [1.165, 1.54) is 12.5 Å². The maximum Gasteiger partial charge on any atom is 0.331 e. The average Bonchev–Trinajstić information content (AvgIpc) is 3.06. The number of hydrogen-bond acceptors (Lipinski definition) is 7. The van der Waals surface area contributed by atoms with Crippen molar-refractivity contribution in [2.45, 2.75) is 6.54 Å². The number of likely N-dealkylation sites (N-methyl/N-ethyl adjacent to an activating group) is 1. The first kappa shape index (κ1) is 16.1. The second-order valence-corrected chi connectivity index (χ2v) is 5.66. The van der Waals surface area contributed by atoms with Crippen molar-refractivity contribution in [3.63, 3.8) is 0 Å². The average molecular weight is 333 g/mol. The largest absolute Gasteiger partial charge is 0.494 e. The minimum absolute atomic E-state index is 0.0177. The van der Waals surface area contributed by atoms with Gasteiger partial charge in [-0.3, -0.25) is 19.4 Å². The van der Waals surface area contributed by atoms with Crippen LogP contribution in [0, 0.1) is 0 Å². The molecule has 128 valence electrons. The number of furan rings is 1. The summed E-state index contributed by atoms with van der Waals surface area (Å²) in [5.74, 6) is 0.0550. The van der Waals surface area contributed by atoms with E-state index in [-0.39, 0.29) is 12.1 Å². The van der Waals surface area contributed by atoms with Crippen molar-refractivity contribution in [3.8, 4) is 5.88 Å². The van der Waals surface area contributed by atoms with Crippen LogP contribution < -0.4 is 11.2 Å². The summed E-state index contributed by atoms with van der Waals surface area (Å²) < 4.78 is 6.21. The zero-order valence-electron chi connectivity index (χ0n) is 13.3. The first-order valence-electron chi connectivity index (χ1n) is 7.60. The number of H-pyrrole nitrogens is 1. The monoisotopic (exact) mass is 333 g/mol. The highest BCUT2D eigenvalue weighted by atomic mass is 16.3. The van der Waals surface area contributed by atoms with Crippen LogP contribution in [0.2, 0.25) is 0 Å². The number of piperazine rings is 1. The Labute approximate surface area is 137 Å². The van der Waals surface area contributed by atoms with E-state index in [1.54, 1.807) is 12.1 Å². The summed E-state index contributed by atoms with van der Waals surface area (Å²) in [5.41, 5.74) is -1.43. The first-order valence-corrected chi connectivity index (χ1v) is 7.60. The second-order valence-electron chi connectivity index (χ2n) is 5.66. The molecule has 0 unspecified atom stereocenters. The normalized spacial score (nSPS) is 16.1. The Morgan fingerprint density at radius 3 is 2.75 bits per heavy atom. The topological polar surface area (TPSA) is 107 Å². The summed E-state index contributed by atoms with van der Waals surface area (Å²) in [4.78, 5) is 28.3. The van der Waals surface area contributed by atoms with Crippen LogP contribution in [-0.4, -0.2) is 64.0 Å². The molecule has 2 aromatic rings. The van der Waals surface area contributed by atoms with Gasteiger partial charge in [0, 0.05) is 26.2 Å². The van der Waals surface area contributed by atoms with Gasteiger partial charge in [0.1, 0.15) is 11.3 Å². The number of hydrazone groups is 1. The highest BCUT2D eigenvalue weighted by Gasteiger charge is 2.15. The fourth-order valence-corrected chi connectivity index (χ4v) is 2.45. The SMILES string of the molecule is CN1CCN(/N=C/c2c(O)n(Cc3ccco3)c(=O)[nH]c2=O)CC1. The van der Waals surface area contributed by atoms with Gasteiger partial charge in [-0.2, -0.15) is 5.10 Å². The molecule has 3 rings (SSSR count). The lowest BCUT2D eigenvalue weighted by molar-refractivity contribution is 0.159. The molecule has 2 aromatic heterocycles. The van der Waals surface area contributed by atoms with Crippen molar-refractivity contribution in [2.75, 3.05) is 33.2 Å². The first-order chi connectivity index (χ1) is 11.5. The summed E-state index contributed by atoms with van der Waals surface area (Å²) >= 11 is 0. The smallest absolute Gasteiger partial charge is 0.331 e. The van der Waals surface area contributed by atoms with Crippen molar-refractivity contribution in [1.82, 2.24) is 19.5 Å². The lowest BCUT2D eigenvalue weighted by atomic mass is 10.3. The standard InChI is InChI=1S/C15H19N5O4/c1-18-4-6-19(7-5-18)16-9-12-13(21)17-15(23)20(14(12)22)10-11-3-2-8-24-11/h2-3,8-9,22H,4-7,10H2,1H3,(H,17,21,23)/b16-9+. The highest BCUT2D eigenvalue weighted by Crippen LogP contribution is 2.11. The second kappa shape index (κ2) is 6.75. The van der Waals surface area contributed by atoms with Crippen LogP contribution in [0.3, 0.4) is 0 Å². The molecule has 1 aliphatic heterocycles. The number of aromatic nitrogens is 2. The molecule has 2 N–H and O–H groups in total. The summed E-state index contributed by atoms with van der Waals surface area (Å²) in [7, 11) is 2.03. The maximum atomic E-state index is 12.0. The van der Waals surface area contributed by atoms with Gasteiger partial charge in [-0.15, -0.1) is 0 Å². The fraction of sp³-hybridized carbons (Fsp3) is 0.400. The van der Waals surface area contributed by atoms with Crippen LogP contribution >= 0.6 is 0 Å². The van der Waals surface area contributed by atoms with Crippen LogP contribution in [0.5, 0.6) is 5.88 Å². The van der Waals surface area contributed by atoms with E-state index in [1.807, 2.05) is 12.1 Å². The molecule has 0 bridgehead atoms. The quantitative estimate of drug-likeness (QED) is 0.728. The van der Waals surface area contributed by atoms with Crippen molar-refractivity contribution < 1.29 is 9.52 Å². The molecule has 9 heteroatoms. The zero-order valence-corrected chi connectivity index (χ0v) is 13.3.